The monoisotopic (exact) mass is 286 g/mol. The largest absolute Gasteiger partial charge is 0.493 e. The molecule has 4 nitrogen and oxygen atoms in total. The van der Waals surface area contributed by atoms with Crippen LogP contribution < -0.4 is 16.0 Å². The molecule has 0 saturated heterocycles. The van der Waals surface area contributed by atoms with Gasteiger partial charge in [-0.25, -0.2) is 0 Å². The molecule has 0 radical (unpaired) electrons. The van der Waals surface area contributed by atoms with Gasteiger partial charge in [-0.05, 0) is 41.8 Å². The summed E-state index contributed by atoms with van der Waals surface area (Å²) in [6.45, 7) is 5.18. The first-order valence-electron chi connectivity index (χ1n) is 7.15. The van der Waals surface area contributed by atoms with Crippen LogP contribution in [0.1, 0.15) is 19.4 Å². The minimum Gasteiger partial charge on any atom is -0.493 e. The highest BCUT2D eigenvalue weighted by molar-refractivity contribution is 5.60. The van der Waals surface area contributed by atoms with E-state index in [4.69, 9.17) is 10.5 Å². The number of nitrogens with zero attached hydrogens (tertiary/aromatic N) is 1. The summed E-state index contributed by atoms with van der Waals surface area (Å²) in [5.74, 6) is 1.34. The van der Waals surface area contributed by atoms with Crippen molar-refractivity contribution in [2.75, 3.05) is 6.61 Å². The van der Waals surface area contributed by atoms with E-state index in [1.54, 1.807) is 17.7 Å². The van der Waals surface area contributed by atoms with Crippen LogP contribution in [0.5, 0.6) is 5.75 Å². The summed E-state index contributed by atoms with van der Waals surface area (Å²) in [5, 5.41) is 0. The predicted octanol–water partition coefficient (Wildman–Crippen LogP) is 2.55. The molecule has 1 aromatic carbocycles. The van der Waals surface area contributed by atoms with Crippen LogP contribution in [0.25, 0.3) is 11.3 Å². The van der Waals surface area contributed by atoms with E-state index in [9.17, 15) is 4.79 Å². The van der Waals surface area contributed by atoms with Gasteiger partial charge in [-0.15, -0.1) is 0 Å². The van der Waals surface area contributed by atoms with Crippen LogP contribution >= 0.6 is 0 Å². The molecule has 0 amide bonds. The number of hydrogen-bond donors (Lipinski definition) is 1. The molecule has 0 saturated carbocycles. The van der Waals surface area contributed by atoms with Crippen molar-refractivity contribution in [3.05, 3.63) is 52.3 Å². The third-order valence-electron chi connectivity index (χ3n) is 3.34. The van der Waals surface area contributed by atoms with Gasteiger partial charge in [0, 0.05) is 19.2 Å². The number of aromatic nitrogens is 1. The Morgan fingerprint density at radius 1 is 1.14 bits per heavy atom. The quantitative estimate of drug-likeness (QED) is 0.919. The van der Waals surface area contributed by atoms with Crippen molar-refractivity contribution < 1.29 is 4.74 Å². The van der Waals surface area contributed by atoms with Crippen LogP contribution in [-0.2, 0) is 13.6 Å². The van der Waals surface area contributed by atoms with Crippen molar-refractivity contribution in [3.63, 3.8) is 0 Å². The maximum atomic E-state index is 12.1. The lowest BCUT2D eigenvalue weighted by Crippen LogP contribution is -2.23. The zero-order valence-electron chi connectivity index (χ0n) is 12.8. The zero-order chi connectivity index (χ0) is 15.4. The number of ether oxygens (including phenoxy) is 1. The van der Waals surface area contributed by atoms with Gasteiger partial charge in [0.05, 0.1) is 12.3 Å². The van der Waals surface area contributed by atoms with E-state index < -0.39 is 0 Å². The highest BCUT2D eigenvalue weighted by Gasteiger charge is 2.07. The van der Waals surface area contributed by atoms with E-state index in [1.165, 1.54) is 0 Å². The van der Waals surface area contributed by atoms with Crippen molar-refractivity contribution in [1.82, 2.24) is 4.57 Å². The Bertz CT molecular complexity index is 657. The first-order valence-corrected chi connectivity index (χ1v) is 7.15. The summed E-state index contributed by atoms with van der Waals surface area (Å²) in [7, 11) is 1.76. The van der Waals surface area contributed by atoms with Crippen LogP contribution in [-0.4, -0.2) is 11.2 Å². The molecule has 2 rings (SSSR count). The van der Waals surface area contributed by atoms with E-state index in [2.05, 4.69) is 13.8 Å². The Labute approximate surface area is 125 Å². The van der Waals surface area contributed by atoms with Gasteiger partial charge in [0.25, 0.3) is 5.56 Å². The van der Waals surface area contributed by atoms with E-state index in [0.29, 0.717) is 18.1 Å². The van der Waals surface area contributed by atoms with E-state index in [0.717, 1.165) is 17.0 Å². The molecule has 4 heteroatoms. The second-order valence-electron chi connectivity index (χ2n) is 5.54. The van der Waals surface area contributed by atoms with Crippen molar-refractivity contribution in [2.24, 2.45) is 18.7 Å². The number of nitrogens with two attached hydrogens (primary N) is 1. The predicted molar refractivity (Wildman–Crippen MR) is 85.3 cm³/mol. The SMILES string of the molecule is CC(C)COc1ccc(-c2ccc(CN)c(=O)n2C)cc1. The van der Waals surface area contributed by atoms with Crippen molar-refractivity contribution >= 4 is 0 Å². The molecule has 0 atom stereocenters. The molecule has 0 unspecified atom stereocenters. The first-order chi connectivity index (χ1) is 10.0. The molecular formula is C17H22N2O2. The Balaban J connectivity index is 2.27. The highest BCUT2D eigenvalue weighted by Crippen LogP contribution is 2.21. The molecule has 1 heterocycles. The number of benzene rings is 1. The summed E-state index contributed by atoms with van der Waals surface area (Å²) in [4.78, 5) is 12.1. The lowest BCUT2D eigenvalue weighted by atomic mass is 10.1. The molecule has 1 aromatic heterocycles. The molecule has 0 aliphatic rings. The zero-order valence-corrected chi connectivity index (χ0v) is 12.8. The van der Waals surface area contributed by atoms with Crippen molar-refractivity contribution in [2.45, 2.75) is 20.4 Å². The smallest absolute Gasteiger partial charge is 0.255 e. The van der Waals surface area contributed by atoms with Gasteiger partial charge in [0.15, 0.2) is 0 Å². The summed E-state index contributed by atoms with van der Waals surface area (Å²) in [5.41, 5.74) is 7.98. The molecule has 21 heavy (non-hydrogen) atoms. The number of hydrogen-bond acceptors (Lipinski definition) is 3. The molecule has 0 spiro atoms. The highest BCUT2D eigenvalue weighted by atomic mass is 16.5. The van der Waals surface area contributed by atoms with E-state index in [1.807, 2.05) is 30.3 Å². The lowest BCUT2D eigenvalue weighted by molar-refractivity contribution is 0.271. The van der Waals surface area contributed by atoms with Crippen LogP contribution in [0.3, 0.4) is 0 Å². The Morgan fingerprint density at radius 3 is 2.38 bits per heavy atom. The minimum absolute atomic E-state index is 0.0462. The average molecular weight is 286 g/mol. The third-order valence-corrected chi connectivity index (χ3v) is 3.34. The fraction of sp³-hybridized carbons (Fsp3) is 0.353. The first kappa shape index (κ1) is 15.3. The third kappa shape index (κ3) is 3.52. The van der Waals surface area contributed by atoms with Gasteiger partial charge < -0.3 is 15.0 Å². The molecule has 0 aliphatic heterocycles. The maximum Gasteiger partial charge on any atom is 0.255 e. The normalized spacial score (nSPS) is 10.9. The Morgan fingerprint density at radius 2 is 1.81 bits per heavy atom. The van der Waals surface area contributed by atoms with Gasteiger partial charge in [0.1, 0.15) is 5.75 Å². The fourth-order valence-corrected chi connectivity index (χ4v) is 2.12. The van der Waals surface area contributed by atoms with Crippen LogP contribution in [0.15, 0.2) is 41.2 Å². The average Bonchev–Trinajstić information content (AvgIpc) is 2.48. The van der Waals surface area contributed by atoms with E-state index in [-0.39, 0.29) is 12.1 Å². The van der Waals surface area contributed by atoms with E-state index >= 15 is 0 Å². The van der Waals surface area contributed by atoms with Gasteiger partial charge in [-0.3, -0.25) is 4.79 Å². The van der Waals surface area contributed by atoms with Crippen LogP contribution in [0.2, 0.25) is 0 Å². The summed E-state index contributed by atoms with van der Waals surface area (Å²) in [6.07, 6.45) is 0. The summed E-state index contributed by atoms with van der Waals surface area (Å²) >= 11 is 0. The summed E-state index contributed by atoms with van der Waals surface area (Å²) < 4.78 is 7.29. The second-order valence-corrected chi connectivity index (χ2v) is 5.54. The van der Waals surface area contributed by atoms with Gasteiger partial charge in [-0.1, -0.05) is 19.9 Å². The standard InChI is InChI=1S/C17H22N2O2/c1-12(2)11-21-15-7-4-13(5-8-15)16-9-6-14(10-18)17(20)19(16)3/h4-9,12H,10-11,18H2,1-3H3. The maximum absolute atomic E-state index is 12.1. The van der Waals surface area contributed by atoms with Crippen molar-refractivity contribution in [1.29, 1.82) is 0 Å². The molecule has 0 bridgehead atoms. The second kappa shape index (κ2) is 6.59. The number of pyridine rings is 1. The fourth-order valence-electron chi connectivity index (χ4n) is 2.12. The number of rotatable bonds is 5. The van der Waals surface area contributed by atoms with Gasteiger partial charge >= 0.3 is 0 Å². The summed E-state index contributed by atoms with van der Waals surface area (Å²) in [6, 6.07) is 11.5. The lowest BCUT2D eigenvalue weighted by Gasteiger charge is -2.12. The molecular weight excluding hydrogens is 264 g/mol. The van der Waals surface area contributed by atoms with Crippen LogP contribution in [0, 0.1) is 5.92 Å². The van der Waals surface area contributed by atoms with Crippen molar-refractivity contribution in [3.8, 4) is 17.0 Å². The van der Waals surface area contributed by atoms with Gasteiger partial charge in [-0.2, -0.15) is 0 Å². The topological polar surface area (TPSA) is 57.2 Å². The van der Waals surface area contributed by atoms with Gasteiger partial charge in [0.2, 0.25) is 0 Å². The Hall–Kier alpha value is -2.07. The molecule has 0 fully saturated rings. The molecule has 112 valence electrons. The van der Waals surface area contributed by atoms with Crippen LogP contribution in [0.4, 0.5) is 0 Å². The minimum atomic E-state index is -0.0462. The Kier molecular flexibility index (Phi) is 4.81. The molecule has 2 aromatic rings. The molecule has 0 aliphatic carbocycles. The molecule has 2 N–H and O–H groups in total.